The second kappa shape index (κ2) is 28.9. The Labute approximate surface area is 226 Å². The molecule has 0 heterocycles. The van der Waals surface area contributed by atoms with Crippen molar-refractivity contribution < 1.29 is 9.59 Å². The third kappa shape index (κ3) is 25.0. The first-order valence-corrected chi connectivity index (χ1v) is 16.4. The van der Waals surface area contributed by atoms with E-state index in [0.717, 1.165) is 25.7 Å². The van der Waals surface area contributed by atoms with Crippen LogP contribution in [0, 0.1) is 0 Å². The molecule has 0 aromatic heterocycles. The van der Waals surface area contributed by atoms with Crippen LogP contribution in [0.1, 0.15) is 194 Å². The first-order chi connectivity index (χ1) is 17.6. The van der Waals surface area contributed by atoms with E-state index in [2.05, 4.69) is 13.8 Å². The fraction of sp³-hybridized carbons (Fsp3) is 0.939. The smallest absolute Gasteiger partial charge is 0.157 e. The van der Waals surface area contributed by atoms with Crippen molar-refractivity contribution in [3.8, 4) is 0 Å². The molecule has 0 amide bonds. The average Bonchev–Trinajstić information content (AvgIpc) is 2.88. The number of carbonyl (C=O) groups excluding carboxylic acids is 2. The molecule has 0 rings (SSSR count). The first kappa shape index (κ1) is 35.3. The second-order valence-corrected chi connectivity index (χ2v) is 11.4. The zero-order chi connectivity index (χ0) is 26.5. The molecule has 0 fully saturated rings. The standard InChI is InChI=1S/C33H65NO2/c1-3-5-7-9-11-13-15-17-19-21-23-25-27-29-31(35)33(34)32(36)30-28-26-24-22-20-18-16-14-12-10-8-6-4-2/h33H,3-30,34H2,1-2H3. The van der Waals surface area contributed by atoms with Crippen molar-refractivity contribution in [2.75, 3.05) is 0 Å². The van der Waals surface area contributed by atoms with Gasteiger partial charge >= 0.3 is 0 Å². The number of unbranched alkanes of at least 4 members (excludes halogenated alkanes) is 24. The predicted octanol–water partition coefficient (Wildman–Crippen LogP) is 10.4. The fourth-order valence-electron chi connectivity index (χ4n) is 5.12. The number of ketones is 2. The van der Waals surface area contributed by atoms with Crippen molar-refractivity contribution in [3.05, 3.63) is 0 Å². The largest absolute Gasteiger partial charge is 0.315 e. The zero-order valence-corrected chi connectivity index (χ0v) is 24.8. The molecule has 0 atom stereocenters. The minimum atomic E-state index is -0.875. The van der Waals surface area contributed by atoms with E-state index in [1.54, 1.807) is 0 Å². The Morgan fingerprint density at radius 3 is 0.806 bits per heavy atom. The van der Waals surface area contributed by atoms with Gasteiger partial charge in [0.05, 0.1) is 0 Å². The van der Waals surface area contributed by atoms with Gasteiger partial charge in [-0.2, -0.15) is 0 Å². The summed E-state index contributed by atoms with van der Waals surface area (Å²) in [6, 6.07) is -0.875. The Hall–Kier alpha value is -0.700. The molecule has 2 N–H and O–H groups in total. The fourth-order valence-corrected chi connectivity index (χ4v) is 5.12. The summed E-state index contributed by atoms with van der Waals surface area (Å²) < 4.78 is 0. The van der Waals surface area contributed by atoms with Gasteiger partial charge in [-0.25, -0.2) is 0 Å². The molecule has 0 aliphatic heterocycles. The minimum Gasteiger partial charge on any atom is -0.315 e. The highest BCUT2D eigenvalue weighted by Crippen LogP contribution is 2.15. The van der Waals surface area contributed by atoms with E-state index in [1.807, 2.05) is 0 Å². The quantitative estimate of drug-likeness (QED) is 0.0776. The molecule has 214 valence electrons. The molecule has 0 spiro atoms. The molecule has 0 saturated heterocycles. The topological polar surface area (TPSA) is 60.2 Å². The van der Waals surface area contributed by atoms with Crippen LogP contribution < -0.4 is 5.73 Å². The van der Waals surface area contributed by atoms with E-state index < -0.39 is 6.04 Å². The minimum absolute atomic E-state index is 0.0437. The Kier molecular flexibility index (Phi) is 28.3. The van der Waals surface area contributed by atoms with E-state index in [-0.39, 0.29) is 11.6 Å². The van der Waals surface area contributed by atoms with Crippen molar-refractivity contribution in [2.24, 2.45) is 5.73 Å². The summed E-state index contributed by atoms with van der Waals surface area (Å²) >= 11 is 0. The second-order valence-electron chi connectivity index (χ2n) is 11.4. The van der Waals surface area contributed by atoms with Crippen molar-refractivity contribution in [1.82, 2.24) is 0 Å². The highest BCUT2D eigenvalue weighted by Gasteiger charge is 2.20. The SMILES string of the molecule is CCCCCCCCCCCCCCCC(=O)C(N)C(=O)CCCCCCCCCCCCCCC. The molecular formula is C33H65NO2. The molecule has 36 heavy (non-hydrogen) atoms. The highest BCUT2D eigenvalue weighted by atomic mass is 16.2. The van der Waals surface area contributed by atoms with E-state index >= 15 is 0 Å². The van der Waals surface area contributed by atoms with Crippen molar-refractivity contribution in [2.45, 2.75) is 200 Å². The van der Waals surface area contributed by atoms with Gasteiger partial charge in [0.2, 0.25) is 0 Å². The van der Waals surface area contributed by atoms with Crippen LogP contribution in [0.25, 0.3) is 0 Å². The Bertz CT molecular complexity index is 434. The number of hydrogen-bond donors (Lipinski definition) is 1. The predicted molar refractivity (Wildman–Crippen MR) is 159 cm³/mol. The van der Waals surface area contributed by atoms with Gasteiger partial charge in [-0.3, -0.25) is 9.59 Å². The average molecular weight is 508 g/mol. The molecule has 0 unspecified atom stereocenters. The number of nitrogens with two attached hydrogens (primary N) is 1. The molecule has 3 heteroatoms. The van der Waals surface area contributed by atoms with Crippen LogP contribution in [0.2, 0.25) is 0 Å². The summed E-state index contributed by atoms with van der Waals surface area (Å²) in [6.07, 6.45) is 34.6. The van der Waals surface area contributed by atoms with Gasteiger partial charge in [-0.15, -0.1) is 0 Å². The lowest BCUT2D eigenvalue weighted by Crippen LogP contribution is -2.38. The highest BCUT2D eigenvalue weighted by molar-refractivity contribution is 6.06. The molecule has 0 radical (unpaired) electrons. The molecule has 0 aromatic carbocycles. The van der Waals surface area contributed by atoms with Gasteiger partial charge < -0.3 is 5.73 Å². The van der Waals surface area contributed by atoms with Crippen molar-refractivity contribution in [3.63, 3.8) is 0 Å². The lowest BCUT2D eigenvalue weighted by molar-refractivity contribution is -0.129. The Morgan fingerprint density at radius 1 is 0.389 bits per heavy atom. The Morgan fingerprint density at radius 2 is 0.583 bits per heavy atom. The van der Waals surface area contributed by atoms with E-state index in [4.69, 9.17) is 5.73 Å². The lowest BCUT2D eigenvalue weighted by atomic mass is 9.98. The summed E-state index contributed by atoms with van der Waals surface area (Å²) in [4.78, 5) is 24.5. The summed E-state index contributed by atoms with van der Waals surface area (Å²) in [5.41, 5.74) is 5.96. The first-order valence-electron chi connectivity index (χ1n) is 16.4. The van der Waals surface area contributed by atoms with Crippen LogP contribution in [0.5, 0.6) is 0 Å². The molecule has 0 aliphatic carbocycles. The van der Waals surface area contributed by atoms with Crippen LogP contribution in [0.4, 0.5) is 0 Å². The normalized spacial score (nSPS) is 11.4. The van der Waals surface area contributed by atoms with Crippen LogP contribution in [0.15, 0.2) is 0 Å². The number of carbonyl (C=O) groups is 2. The summed E-state index contributed by atoms with van der Waals surface area (Å²) in [7, 11) is 0. The van der Waals surface area contributed by atoms with Crippen molar-refractivity contribution in [1.29, 1.82) is 0 Å². The van der Waals surface area contributed by atoms with Gasteiger partial charge in [-0.1, -0.05) is 168 Å². The van der Waals surface area contributed by atoms with Gasteiger partial charge in [0.1, 0.15) is 6.04 Å². The summed E-state index contributed by atoms with van der Waals surface area (Å²) in [5.74, 6) is -0.0875. The van der Waals surface area contributed by atoms with Gasteiger partial charge in [0, 0.05) is 12.8 Å². The molecule has 0 bridgehead atoms. The number of hydrogen-bond acceptors (Lipinski definition) is 3. The van der Waals surface area contributed by atoms with Crippen LogP contribution in [-0.2, 0) is 9.59 Å². The van der Waals surface area contributed by atoms with E-state index in [1.165, 1.54) is 141 Å². The number of Topliss-reactive ketones (excluding diaryl/α,β-unsaturated/α-hetero) is 2. The zero-order valence-electron chi connectivity index (χ0n) is 24.8. The van der Waals surface area contributed by atoms with Gasteiger partial charge in [-0.05, 0) is 12.8 Å². The molecular weight excluding hydrogens is 442 g/mol. The maximum atomic E-state index is 12.3. The summed E-state index contributed by atoms with van der Waals surface area (Å²) in [5, 5.41) is 0. The molecule has 0 aromatic rings. The third-order valence-electron chi connectivity index (χ3n) is 7.75. The molecule has 0 saturated carbocycles. The van der Waals surface area contributed by atoms with Gasteiger partial charge in [0.25, 0.3) is 0 Å². The van der Waals surface area contributed by atoms with E-state index in [9.17, 15) is 9.59 Å². The van der Waals surface area contributed by atoms with Gasteiger partial charge in [0.15, 0.2) is 11.6 Å². The molecule has 3 nitrogen and oxygen atoms in total. The van der Waals surface area contributed by atoms with Crippen LogP contribution in [-0.4, -0.2) is 17.6 Å². The monoisotopic (exact) mass is 508 g/mol. The lowest BCUT2D eigenvalue weighted by Gasteiger charge is -2.10. The number of rotatable bonds is 30. The van der Waals surface area contributed by atoms with Crippen molar-refractivity contribution >= 4 is 11.6 Å². The molecule has 0 aliphatic rings. The maximum Gasteiger partial charge on any atom is 0.157 e. The van der Waals surface area contributed by atoms with Crippen LogP contribution >= 0.6 is 0 Å². The van der Waals surface area contributed by atoms with E-state index in [0.29, 0.717) is 12.8 Å². The van der Waals surface area contributed by atoms with Crippen LogP contribution in [0.3, 0.4) is 0 Å². The Balaban J connectivity index is 3.44. The summed E-state index contributed by atoms with van der Waals surface area (Å²) in [6.45, 7) is 4.54. The third-order valence-corrected chi connectivity index (χ3v) is 7.75. The maximum absolute atomic E-state index is 12.3.